The number of rotatable bonds is 2. The highest BCUT2D eigenvalue weighted by Gasteiger charge is 2.36. The first kappa shape index (κ1) is 15.3. The Morgan fingerprint density at radius 2 is 1.91 bits per heavy atom. The number of hydrogen-bond donors (Lipinski definition) is 0. The Bertz CT molecular complexity index is 878. The Morgan fingerprint density at radius 1 is 1.22 bits per heavy atom. The number of hydrogen-bond acceptors (Lipinski definition) is 4. The van der Waals surface area contributed by atoms with Gasteiger partial charge in [-0.25, -0.2) is 14.3 Å². The van der Waals surface area contributed by atoms with Crippen molar-refractivity contribution in [2.45, 2.75) is 6.18 Å². The molecule has 0 saturated carbocycles. The normalized spacial score (nSPS) is 11.7. The standard InChI is InChI=1S/C14H7ClF3N3O2/c15-23-13(22)9-7-19-21-11(14(16,17)18)6-10(20-12(9)21)8-4-2-1-3-5-8/h1-7H. The first-order chi connectivity index (χ1) is 10.9. The number of benzene rings is 1. The maximum absolute atomic E-state index is 13.3. The van der Waals surface area contributed by atoms with Gasteiger partial charge >= 0.3 is 12.1 Å². The van der Waals surface area contributed by atoms with Crippen LogP contribution in [0.4, 0.5) is 13.2 Å². The van der Waals surface area contributed by atoms with Gasteiger partial charge in [-0.15, -0.1) is 0 Å². The second kappa shape index (κ2) is 5.54. The fourth-order valence-corrected chi connectivity index (χ4v) is 2.19. The third-order valence-corrected chi connectivity index (χ3v) is 3.26. The summed E-state index contributed by atoms with van der Waals surface area (Å²) in [6.45, 7) is 0. The summed E-state index contributed by atoms with van der Waals surface area (Å²) in [5.41, 5.74) is -1.09. The van der Waals surface area contributed by atoms with Crippen LogP contribution in [0.3, 0.4) is 0 Å². The zero-order valence-corrected chi connectivity index (χ0v) is 12.0. The molecule has 0 unspecified atom stereocenters. The molecule has 0 aliphatic heterocycles. The number of aromatic nitrogens is 3. The number of carbonyl (C=O) groups is 1. The molecule has 3 rings (SSSR count). The highest BCUT2D eigenvalue weighted by Crippen LogP contribution is 2.32. The van der Waals surface area contributed by atoms with Gasteiger partial charge in [0.1, 0.15) is 17.4 Å². The van der Waals surface area contributed by atoms with Crippen LogP contribution in [0.25, 0.3) is 16.9 Å². The summed E-state index contributed by atoms with van der Waals surface area (Å²) in [6.07, 6.45) is -3.75. The van der Waals surface area contributed by atoms with E-state index >= 15 is 0 Å². The Hall–Kier alpha value is -2.61. The molecule has 0 fully saturated rings. The molecule has 5 nitrogen and oxygen atoms in total. The molecule has 118 valence electrons. The van der Waals surface area contributed by atoms with Crippen LogP contribution in [0.5, 0.6) is 0 Å². The Balaban J connectivity index is 2.33. The highest BCUT2D eigenvalue weighted by molar-refractivity contribution is 6.16. The van der Waals surface area contributed by atoms with Crippen molar-refractivity contribution in [3.63, 3.8) is 0 Å². The molecule has 0 saturated heterocycles. The van der Waals surface area contributed by atoms with Crippen molar-refractivity contribution < 1.29 is 22.3 Å². The summed E-state index contributed by atoms with van der Waals surface area (Å²) in [5, 5.41) is 3.56. The average molecular weight is 342 g/mol. The molecule has 23 heavy (non-hydrogen) atoms. The van der Waals surface area contributed by atoms with E-state index < -0.39 is 17.8 Å². The lowest BCUT2D eigenvalue weighted by atomic mass is 10.1. The molecule has 3 aromatic rings. The van der Waals surface area contributed by atoms with E-state index in [1.807, 2.05) is 0 Å². The van der Waals surface area contributed by atoms with Crippen LogP contribution >= 0.6 is 11.9 Å². The van der Waals surface area contributed by atoms with Gasteiger partial charge in [0.25, 0.3) is 0 Å². The quantitative estimate of drug-likeness (QED) is 0.712. The van der Waals surface area contributed by atoms with Crippen molar-refractivity contribution in [3.8, 4) is 11.3 Å². The maximum atomic E-state index is 13.3. The van der Waals surface area contributed by atoms with Gasteiger partial charge in [-0.05, 0) is 6.07 Å². The lowest BCUT2D eigenvalue weighted by Crippen LogP contribution is -2.14. The van der Waals surface area contributed by atoms with E-state index in [1.165, 1.54) is 0 Å². The van der Waals surface area contributed by atoms with E-state index in [-0.39, 0.29) is 16.9 Å². The lowest BCUT2D eigenvalue weighted by Gasteiger charge is -2.11. The molecular formula is C14H7ClF3N3O2. The molecule has 0 aliphatic carbocycles. The summed E-state index contributed by atoms with van der Waals surface area (Å²) in [4.78, 5) is 15.7. The molecule has 0 aliphatic rings. The van der Waals surface area contributed by atoms with Crippen LogP contribution in [0, 0.1) is 0 Å². The minimum atomic E-state index is -4.68. The molecule has 9 heteroatoms. The van der Waals surface area contributed by atoms with Crippen LogP contribution in [0.15, 0.2) is 42.6 Å². The largest absolute Gasteiger partial charge is 0.433 e. The molecule has 0 bridgehead atoms. The first-order valence-electron chi connectivity index (χ1n) is 6.26. The monoisotopic (exact) mass is 341 g/mol. The molecule has 1 aromatic carbocycles. The molecule has 0 atom stereocenters. The van der Waals surface area contributed by atoms with E-state index in [0.717, 1.165) is 12.3 Å². The zero-order chi connectivity index (χ0) is 16.6. The number of fused-ring (bicyclic) bond motifs is 1. The summed E-state index contributed by atoms with van der Waals surface area (Å²) in [6, 6.07) is 9.13. The predicted octanol–water partition coefficient (Wildman–Crippen LogP) is 3.73. The number of alkyl halides is 3. The minimum absolute atomic E-state index is 0.0505. The Kier molecular flexibility index (Phi) is 3.69. The van der Waals surface area contributed by atoms with Crippen molar-refractivity contribution in [2.24, 2.45) is 0 Å². The van der Waals surface area contributed by atoms with E-state index in [2.05, 4.69) is 14.4 Å². The van der Waals surface area contributed by atoms with Crippen LogP contribution in [-0.2, 0) is 10.5 Å². The highest BCUT2D eigenvalue weighted by atomic mass is 35.5. The third kappa shape index (κ3) is 2.72. The minimum Gasteiger partial charge on any atom is -0.343 e. The van der Waals surface area contributed by atoms with Gasteiger partial charge in [0.05, 0.1) is 11.9 Å². The van der Waals surface area contributed by atoms with Gasteiger partial charge in [0.15, 0.2) is 11.3 Å². The van der Waals surface area contributed by atoms with Gasteiger partial charge in [-0.2, -0.15) is 18.3 Å². The zero-order valence-electron chi connectivity index (χ0n) is 11.2. The summed E-state index contributed by atoms with van der Waals surface area (Å²) in [5.74, 6) is -1.03. The van der Waals surface area contributed by atoms with Crippen molar-refractivity contribution in [3.05, 3.63) is 53.9 Å². The van der Waals surface area contributed by atoms with Gasteiger partial charge < -0.3 is 4.29 Å². The summed E-state index contributed by atoms with van der Waals surface area (Å²) < 4.78 is 44.4. The fraction of sp³-hybridized carbons (Fsp3) is 0.0714. The second-order valence-electron chi connectivity index (χ2n) is 4.55. The molecule has 2 aromatic heterocycles. The molecule has 0 N–H and O–H groups in total. The third-order valence-electron chi connectivity index (χ3n) is 3.12. The van der Waals surface area contributed by atoms with Gasteiger partial charge in [0.2, 0.25) is 0 Å². The smallest absolute Gasteiger partial charge is 0.343 e. The van der Waals surface area contributed by atoms with Crippen LogP contribution in [-0.4, -0.2) is 20.6 Å². The van der Waals surface area contributed by atoms with E-state index in [1.54, 1.807) is 30.3 Å². The van der Waals surface area contributed by atoms with E-state index in [4.69, 9.17) is 11.9 Å². The maximum Gasteiger partial charge on any atom is 0.433 e. The van der Waals surface area contributed by atoms with Gasteiger partial charge in [-0.1, -0.05) is 30.3 Å². The Labute approximate surface area is 132 Å². The van der Waals surface area contributed by atoms with Crippen LogP contribution in [0.1, 0.15) is 16.1 Å². The number of nitrogens with zero attached hydrogens (tertiary/aromatic N) is 3. The van der Waals surface area contributed by atoms with Crippen molar-refractivity contribution in [1.29, 1.82) is 0 Å². The average Bonchev–Trinajstić information content (AvgIpc) is 2.97. The van der Waals surface area contributed by atoms with Crippen molar-refractivity contribution in [1.82, 2.24) is 14.6 Å². The lowest BCUT2D eigenvalue weighted by molar-refractivity contribution is -0.142. The van der Waals surface area contributed by atoms with Crippen molar-refractivity contribution >= 4 is 23.5 Å². The second-order valence-corrected chi connectivity index (χ2v) is 4.70. The SMILES string of the molecule is O=C(OCl)c1cnn2c(C(F)(F)F)cc(-c3ccccc3)nc12. The predicted molar refractivity (Wildman–Crippen MR) is 74.7 cm³/mol. The van der Waals surface area contributed by atoms with Gasteiger partial charge in [0, 0.05) is 5.56 Å². The Morgan fingerprint density at radius 3 is 2.52 bits per heavy atom. The first-order valence-corrected chi connectivity index (χ1v) is 6.57. The summed E-state index contributed by atoms with van der Waals surface area (Å²) in [7, 11) is 0. The molecule has 0 radical (unpaired) electrons. The van der Waals surface area contributed by atoms with Crippen LogP contribution < -0.4 is 0 Å². The van der Waals surface area contributed by atoms with Crippen molar-refractivity contribution in [2.75, 3.05) is 0 Å². The van der Waals surface area contributed by atoms with E-state index in [0.29, 0.717) is 10.1 Å². The molecular weight excluding hydrogens is 335 g/mol. The number of halogens is 4. The van der Waals surface area contributed by atoms with Gasteiger partial charge in [-0.3, -0.25) is 0 Å². The molecule has 2 heterocycles. The number of carbonyl (C=O) groups excluding carboxylic acids is 1. The van der Waals surface area contributed by atoms with E-state index in [9.17, 15) is 18.0 Å². The molecule has 0 amide bonds. The fourth-order valence-electron chi connectivity index (χ4n) is 2.11. The topological polar surface area (TPSA) is 56.5 Å². The summed E-state index contributed by atoms with van der Waals surface area (Å²) >= 11 is 4.99. The van der Waals surface area contributed by atoms with Crippen LogP contribution in [0.2, 0.25) is 0 Å². The molecule has 0 spiro atoms.